The lowest BCUT2D eigenvalue weighted by atomic mass is 10.2. The number of hydrogen-bond acceptors (Lipinski definition) is 4. The number of fused-ring (bicyclic) bond motifs is 1. The molecule has 0 fully saturated rings. The lowest BCUT2D eigenvalue weighted by Crippen LogP contribution is -2.40. The summed E-state index contributed by atoms with van der Waals surface area (Å²) in [4.78, 5) is 12.5. The molecule has 1 aromatic heterocycles. The van der Waals surface area contributed by atoms with Crippen molar-refractivity contribution in [1.82, 2.24) is 5.32 Å². The minimum absolute atomic E-state index is 0.195. The van der Waals surface area contributed by atoms with Gasteiger partial charge in [-0.1, -0.05) is 6.07 Å². The van der Waals surface area contributed by atoms with E-state index < -0.39 is 6.04 Å². The largest absolute Gasteiger partial charge is 0.394 e. The topological polar surface area (TPSA) is 58.6 Å². The van der Waals surface area contributed by atoms with Crippen LogP contribution in [0.15, 0.2) is 24.3 Å². The molecule has 19 heavy (non-hydrogen) atoms. The maximum atomic E-state index is 13.1. The Morgan fingerprint density at radius 2 is 2.32 bits per heavy atom. The lowest BCUT2D eigenvalue weighted by molar-refractivity contribution is 0.0843. The molecule has 0 aliphatic carbocycles. The molecule has 2 rings (SSSR count). The highest BCUT2D eigenvalue weighted by Crippen LogP contribution is 2.26. The molecule has 2 N–H and O–H groups in total. The van der Waals surface area contributed by atoms with Crippen LogP contribution in [0.3, 0.4) is 0 Å². The van der Waals surface area contributed by atoms with Crippen LogP contribution >= 0.6 is 11.3 Å². The molecule has 1 atom stereocenters. The molecular weight excluding hydrogens is 269 g/mol. The Morgan fingerprint density at radius 3 is 3.00 bits per heavy atom. The van der Waals surface area contributed by atoms with Gasteiger partial charge in [0.05, 0.1) is 24.1 Å². The fourth-order valence-electron chi connectivity index (χ4n) is 1.71. The van der Waals surface area contributed by atoms with E-state index in [4.69, 9.17) is 9.84 Å². The monoisotopic (exact) mass is 283 g/mol. The summed E-state index contributed by atoms with van der Waals surface area (Å²) in [5.74, 6) is -0.619. The zero-order valence-electron chi connectivity index (χ0n) is 10.4. The molecule has 0 spiro atoms. The van der Waals surface area contributed by atoms with Gasteiger partial charge in [0.25, 0.3) is 5.91 Å². The van der Waals surface area contributed by atoms with Gasteiger partial charge in [-0.25, -0.2) is 4.39 Å². The van der Waals surface area contributed by atoms with E-state index in [0.29, 0.717) is 4.88 Å². The van der Waals surface area contributed by atoms with Crippen LogP contribution in [0.2, 0.25) is 0 Å². The van der Waals surface area contributed by atoms with Gasteiger partial charge in [0, 0.05) is 11.8 Å². The molecule has 6 heteroatoms. The third-order valence-corrected chi connectivity index (χ3v) is 3.73. The fraction of sp³-hybridized carbons (Fsp3) is 0.308. The van der Waals surface area contributed by atoms with Crippen LogP contribution in [0.1, 0.15) is 9.67 Å². The Morgan fingerprint density at radius 1 is 1.53 bits per heavy atom. The highest BCUT2D eigenvalue weighted by Gasteiger charge is 2.15. The lowest BCUT2D eigenvalue weighted by Gasteiger charge is -2.14. The summed E-state index contributed by atoms with van der Waals surface area (Å²) in [7, 11) is 1.50. The van der Waals surface area contributed by atoms with E-state index in [2.05, 4.69) is 5.32 Å². The SMILES string of the molecule is COCC(CO)NC(=O)c1cc2ccc(F)cc2s1. The molecule has 0 aliphatic heterocycles. The molecule has 1 heterocycles. The van der Waals surface area contributed by atoms with Crippen molar-refractivity contribution in [2.75, 3.05) is 20.3 Å². The van der Waals surface area contributed by atoms with Crippen LogP contribution < -0.4 is 5.32 Å². The number of thiophene rings is 1. The van der Waals surface area contributed by atoms with E-state index in [0.717, 1.165) is 10.1 Å². The van der Waals surface area contributed by atoms with Crippen molar-refractivity contribution in [2.45, 2.75) is 6.04 Å². The number of hydrogen-bond donors (Lipinski definition) is 2. The summed E-state index contributed by atoms with van der Waals surface area (Å²) in [5, 5.41) is 12.6. The Labute approximate surface area is 113 Å². The summed E-state index contributed by atoms with van der Waals surface area (Å²) in [6.07, 6.45) is 0. The van der Waals surface area contributed by atoms with Crippen LogP contribution in [-0.4, -0.2) is 37.4 Å². The normalized spacial score (nSPS) is 12.6. The van der Waals surface area contributed by atoms with Crippen LogP contribution in [0, 0.1) is 5.82 Å². The van der Waals surface area contributed by atoms with Gasteiger partial charge in [-0.15, -0.1) is 11.3 Å². The number of aliphatic hydroxyl groups is 1. The van der Waals surface area contributed by atoms with Crippen molar-refractivity contribution < 1.29 is 19.0 Å². The first-order chi connectivity index (χ1) is 9.13. The zero-order chi connectivity index (χ0) is 13.8. The number of ether oxygens (including phenoxy) is 1. The first-order valence-corrected chi connectivity index (χ1v) is 6.55. The molecule has 1 unspecified atom stereocenters. The summed E-state index contributed by atoms with van der Waals surface area (Å²) < 4.78 is 18.7. The standard InChI is InChI=1S/C13H14FNO3S/c1-18-7-10(6-16)15-13(17)12-4-8-2-3-9(14)5-11(8)19-12/h2-5,10,16H,6-7H2,1H3,(H,15,17). The van der Waals surface area contributed by atoms with Crippen LogP contribution in [0.25, 0.3) is 10.1 Å². The second-order valence-corrected chi connectivity index (χ2v) is 5.18. The third kappa shape index (κ3) is 3.28. The van der Waals surface area contributed by atoms with Gasteiger partial charge < -0.3 is 15.2 Å². The molecule has 1 amide bonds. The predicted octanol–water partition coefficient (Wildman–Crippen LogP) is 1.78. The molecule has 2 aromatic rings. The number of carbonyl (C=O) groups is 1. The maximum absolute atomic E-state index is 13.1. The second-order valence-electron chi connectivity index (χ2n) is 4.10. The molecule has 1 aromatic carbocycles. The van der Waals surface area contributed by atoms with Crippen molar-refractivity contribution in [2.24, 2.45) is 0 Å². The maximum Gasteiger partial charge on any atom is 0.261 e. The van der Waals surface area contributed by atoms with E-state index in [1.807, 2.05) is 0 Å². The van der Waals surface area contributed by atoms with E-state index in [1.165, 1.54) is 30.6 Å². The Balaban J connectivity index is 2.17. The Bertz CT molecular complexity index is 584. The fourth-order valence-corrected chi connectivity index (χ4v) is 2.71. The molecule has 4 nitrogen and oxygen atoms in total. The highest BCUT2D eigenvalue weighted by molar-refractivity contribution is 7.20. The molecule has 0 radical (unpaired) electrons. The molecule has 0 bridgehead atoms. The first-order valence-electron chi connectivity index (χ1n) is 5.74. The van der Waals surface area contributed by atoms with Crippen molar-refractivity contribution in [1.29, 1.82) is 0 Å². The van der Waals surface area contributed by atoms with Gasteiger partial charge in [0.1, 0.15) is 5.82 Å². The van der Waals surface area contributed by atoms with Gasteiger partial charge in [-0.3, -0.25) is 4.79 Å². The summed E-state index contributed by atoms with van der Waals surface area (Å²) in [6, 6.07) is 5.65. The van der Waals surface area contributed by atoms with Gasteiger partial charge in [-0.05, 0) is 23.6 Å². The number of carbonyl (C=O) groups excluding carboxylic acids is 1. The Kier molecular flexibility index (Phi) is 4.47. The number of aliphatic hydroxyl groups excluding tert-OH is 1. The van der Waals surface area contributed by atoms with Gasteiger partial charge in [-0.2, -0.15) is 0 Å². The summed E-state index contributed by atoms with van der Waals surface area (Å²) >= 11 is 1.22. The molecule has 0 aliphatic rings. The minimum Gasteiger partial charge on any atom is -0.394 e. The van der Waals surface area contributed by atoms with E-state index in [-0.39, 0.29) is 24.9 Å². The van der Waals surface area contributed by atoms with Crippen LogP contribution in [-0.2, 0) is 4.74 Å². The number of halogens is 1. The minimum atomic E-state index is -0.445. The van der Waals surface area contributed by atoms with Gasteiger partial charge >= 0.3 is 0 Å². The van der Waals surface area contributed by atoms with E-state index >= 15 is 0 Å². The van der Waals surface area contributed by atoms with Crippen molar-refractivity contribution >= 4 is 27.3 Å². The number of methoxy groups -OCH3 is 1. The third-order valence-electron chi connectivity index (χ3n) is 2.63. The van der Waals surface area contributed by atoms with Crippen molar-refractivity contribution in [3.05, 3.63) is 35.0 Å². The van der Waals surface area contributed by atoms with Crippen LogP contribution in [0.4, 0.5) is 4.39 Å². The Hall–Kier alpha value is -1.50. The summed E-state index contributed by atoms with van der Waals surface area (Å²) in [6.45, 7) is 0.0425. The number of nitrogens with one attached hydrogen (secondary N) is 1. The number of rotatable bonds is 5. The van der Waals surface area contributed by atoms with E-state index in [1.54, 1.807) is 12.1 Å². The van der Waals surface area contributed by atoms with Gasteiger partial charge in [0.2, 0.25) is 0 Å². The number of amides is 1. The van der Waals surface area contributed by atoms with Crippen LogP contribution in [0.5, 0.6) is 0 Å². The molecule has 102 valence electrons. The summed E-state index contributed by atoms with van der Waals surface area (Å²) in [5.41, 5.74) is 0. The highest BCUT2D eigenvalue weighted by atomic mass is 32.1. The quantitative estimate of drug-likeness (QED) is 0.879. The smallest absolute Gasteiger partial charge is 0.261 e. The molecular formula is C13H14FNO3S. The van der Waals surface area contributed by atoms with E-state index in [9.17, 15) is 9.18 Å². The first kappa shape index (κ1) is 13.9. The van der Waals surface area contributed by atoms with Crippen molar-refractivity contribution in [3.8, 4) is 0 Å². The van der Waals surface area contributed by atoms with Crippen molar-refractivity contribution in [3.63, 3.8) is 0 Å². The second kappa shape index (κ2) is 6.10. The molecule has 0 saturated carbocycles. The zero-order valence-corrected chi connectivity index (χ0v) is 11.2. The average molecular weight is 283 g/mol. The number of benzene rings is 1. The predicted molar refractivity (Wildman–Crippen MR) is 72.0 cm³/mol. The molecule has 0 saturated heterocycles. The van der Waals surface area contributed by atoms with Gasteiger partial charge in [0.15, 0.2) is 0 Å². The average Bonchev–Trinajstić information content (AvgIpc) is 2.81.